The highest BCUT2D eigenvalue weighted by atomic mass is 35.5. The molecule has 0 atom stereocenters. The Balaban J connectivity index is 2.94. The van der Waals surface area contributed by atoms with Crippen LogP contribution < -0.4 is 4.74 Å². The van der Waals surface area contributed by atoms with Gasteiger partial charge in [-0.1, -0.05) is 34.8 Å². The maximum absolute atomic E-state index is 10.9. The van der Waals surface area contributed by atoms with E-state index in [1.54, 1.807) is 0 Å². The van der Waals surface area contributed by atoms with Gasteiger partial charge in [-0.2, -0.15) is 0 Å². The Bertz CT molecular complexity index is 448. The van der Waals surface area contributed by atoms with E-state index in [1.165, 1.54) is 6.07 Å². The van der Waals surface area contributed by atoms with Crippen molar-refractivity contribution >= 4 is 40.8 Å². The Morgan fingerprint density at radius 2 is 1.89 bits per heavy atom. The van der Waals surface area contributed by atoms with Gasteiger partial charge in [-0.05, 0) is 13.0 Å². The molecule has 0 fully saturated rings. The molecular weight excluding hydrogens is 302 g/mol. The van der Waals surface area contributed by atoms with E-state index < -0.39 is 5.97 Å². The van der Waals surface area contributed by atoms with Gasteiger partial charge >= 0.3 is 5.97 Å². The fraction of sp³-hybridized carbons (Fsp3) is 0.364. The third kappa shape index (κ3) is 3.65. The highest BCUT2D eigenvalue weighted by Gasteiger charge is 2.19. The SMILES string of the molecule is CCOCCOc1cc(C(=O)O)c(Cl)c(Cl)c1Cl. The number of halogens is 3. The molecular formula is C11H11Cl3O4. The first-order valence-corrected chi connectivity index (χ1v) is 6.23. The van der Waals surface area contributed by atoms with Gasteiger partial charge < -0.3 is 14.6 Å². The normalized spacial score (nSPS) is 10.4. The van der Waals surface area contributed by atoms with Gasteiger partial charge in [0.15, 0.2) is 0 Å². The third-order valence-electron chi connectivity index (χ3n) is 2.03. The lowest BCUT2D eigenvalue weighted by molar-refractivity contribution is 0.0696. The summed E-state index contributed by atoms with van der Waals surface area (Å²) in [6, 6.07) is 1.24. The van der Waals surface area contributed by atoms with Gasteiger partial charge in [-0.25, -0.2) is 4.79 Å². The second kappa shape index (κ2) is 7.04. The zero-order chi connectivity index (χ0) is 13.7. The lowest BCUT2D eigenvalue weighted by Gasteiger charge is -2.11. The molecule has 0 aliphatic carbocycles. The minimum absolute atomic E-state index is 0.0374. The average molecular weight is 314 g/mol. The zero-order valence-electron chi connectivity index (χ0n) is 9.50. The number of carboxylic acid groups (broad SMARTS) is 1. The summed E-state index contributed by atoms with van der Waals surface area (Å²) in [7, 11) is 0. The summed E-state index contributed by atoms with van der Waals surface area (Å²) in [4.78, 5) is 10.9. The second-order valence-corrected chi connectivity index (χ2v) is 4.35. The Kier molecular flexibility index (Phi) is 6.02. The van der Waals surface area contributed by atoms with Crippen LogP contribution in [0.5, 0.6) is 5.75 Å². The lowest BCUT2D eigenvalue weighted by Crippen LogP contribution is -2.08. The smallest absolute Gasteiger partial charge is 0.337 e. The van der Waals surface area contributed by atoms with Gasteiger partial charge in [-0.15, -0.1) is 0 Å². The third-order valence-corrected chi connectivity index (χ3v) is 3.37. The van der Waals surface area contributed by atoms with Crippen LogP contribution in [0.4, 0.5) is 0 Å². The van der Waals surface area contributed by atoms with Crippen LogP contribution >= 0.6 is 34.8 Å². The van der Waals surface area contributed by atoms with Crippen molar-refractivity contribution in [1.29, 1.82) is 0 Å². The fourth-order valence-electron chi connectivity index (χ4n) is 1.20. The molecule has 0 amide bonds. The van der Waals surface area contributed by atoms with Gasteiger partial charge in [0.25, 0.3) is 0 Å². The van der Waals surface area contributed by atoms with Gasteiger partial charge in [0, 0.05) is 6.61 Å². The molecule has 0 unspecified atom stereocenters. The van der Waals surface area contributed by atoms with Crippen molar-refractivity contribution in [1.82, 2.24) is 0 Å². The van der Waals surface area contributed by atoms with E-state index in [0.29, 0.717) is 13.2 Å². The topological polar surface area (TPSA) is 55.8 Å². The van der Waals surface area contributed by atoms with Crippen molar-refractivity contribution in [3.63, 3.8) is 0 Å². The van der Waals surface area contributed by atoms with Crippen LogP contribution in [0.1, 0.15) is 17.3 Å². The Hall–Kier alpha value is -0.680. The van der Waals surface area contributed by atoms with Crippen LogP contribution in [0.2, 0.25) is 15.1 Å². The van der Waals surface area contributed by atoms with Crippen molar-refractivity contribution < 1.29 is 19.4 Å². The first-order valence-electron chi connectivity index (χ1n) is 5.10. The Morgan fingerprint density at radius 3 is 2.44 bits per heavy atom. The summed E-state index contributed by atoms with van der Waals surface area (Å²) >= 11 is 17.5. The molecule has 1 rings (SSSR count). The predicted molar refractivity (Wildman–Crippen MR) is 70.4 cm³/mol. The van der Waals surface area contributed by atoms with E-state index in [-0.39, 0.29) is 33.0 Å². The molecule has 0 saturated carbocycles. The summed E-state index contributed by atoms with van der Waals surface area (Å²) in [6.07, 6.45) is 0. The number of hydrogen-bond acceptors (Lipinski definition) is 3. The molecule has 18 heavy (non-hydrogen) atoms. The maximum Gasteiger partial charge on any atom is 0.337 e. The van der Waals surface area contributed by atoms with Crippen LogP contribution in [-0.4, -0.2) is 30.9 Å². The molecule has 0 spiro atoms. The van der Waals surface area contributed by atoms with Crippen LogP contribution in [0, 0.1) is 0 Å². The standard InChI is InChI=1S/C11H11Cl3O4/c1-2-17-3-4-18-7-5-6(11(15)16)8(12)10(14)9(7)13/h5H,2-4H2,1H3,(H,15,16). The number of hydrogen-bond donors (Lipinski definition) is 1. The quantitative estimate of drug-likeness (QED) is 0.642. The van der Waals surface area contributed by atoms with E-state index in [9.17, 15) is 4.79 Å². The molecule has 0 heterocycles. The van der Waals surface area contributed by atoms with E-state index in [2.05, 4.69) is 0 Å². The molecule has 100 valence electrons. The largest absolute Gasteiger partial charge is 0.490 e. The fourth-order valence-corrected chi connectivity index (χ4v) is 1.87. The zero-order valence-corrected chi connectivity index (χ0v) is 11.8. The number of carboxylic acids is 1. The number of ether oxygens (including phenoxy) is 2. The number of rotatable bonds is 6. The molecule has 0 radical (unpaired) electrons. The van der Waals surface area contributed by atoms with Gasteiger partial charge in [-0.3, -0.25) is 0 Å². The molecule has 0 aliphatic rings. The number of aromatic carboxylic acids is 1. The van der Waals surface area contributed by atoms with Crippen LogP contribution in [0.25, 0.3) is 0 Å². The molecule has 1 N–H and O–H groups in total. The van der Waals surface area contributed by atoms with Crippen LogP contribution in [-0.2, 0) is 4.74 Å². The highest BCUT2D eigenvalue weighted by molar-refractivity contribution is 6.49. The van der Waals surface area contributed by atoms with Crippen LogP contribution in [0.3, 0.4) is 0 Å². The maximum atomic E-state index is 10.9. The molecule has 7 heteroatoms. The van der Waals surface area contributed by atoms with Crippen molar-refractivity contribution in [2.24, 2.45) is 0 Å². The number of benzene rings is 1. The minimum Gasteiger partial charge on any atom is -0.490 e. The van der Waals surface area contributed by atoms with Crippen molar-refractivity contribution in [3.05, 3.63) is 26.7 Å². The number of carbonyl (C=O) groups is 1. The monoisotopic (exact) mass is 312 g/mol. The predicted octanol–water partition coefficient (Wildman–Crippen LogP) is 3.76. The summed E-state index contributed by atoms with van der Waals surface area (Å²) in [5, 5.41) is 8.89. The molecule has 4 nitrogen and oxygen atoms in total. The van der Waals surface area contributed by atoms with E-state index in [4.69, 9.17) is 49.4 Å². The Labute approximate surface area is 119 Å². The van der Waals surface area contributed by atoms with E-state index >= 15 is 0 Å². The molecule has 0 aromatic heterocycles. The summed E-state index contributed by atoms with van der Waals surface area (Å²) < 4.78 is 10.4. The highest BCUT2D eigenvalue weighted by Crippen LogP contribution is 2.39. The summed E-state index contributed by atoms with van der Waals surface area (Å²) in [5.41, 5.74) is -0.155. The van der Waals surface area contributed by atoms with E-state index in [1.807, 2.05) is 6.92 Å². The average Bonchev–Trinajstić information content (AvgIpc) is 2.33. The molecule has 0 aliphatic heterocycles. The van der Waals surface area contributed by atoms with Gasteiger partial charge in [0.05, 0.1) is 22.2 Å². The van der Waals surface area contributed by atoms with Crippen LogP contribution in [0.15, 0.2) is 6.07 Å². The van der Waals surface area contributed by atoms with Crippen molar-refractivity contribution in [3.8, 4) is 5.75 Å². The first kappa shape index (κ1) is 15.4. The van der Waals surface area contributed by atoms with Gasteiger partial charge in [0.1, 0.15) is 17.4 Å². The van der Waals surface area contributed by atoms with Gasteiger partial charge in [0.2, 0.25) is 0 Å². The van der Waals surface area contributed by atoms with E-state index in [0.717, 1.165) is 0 Å². The molecule has 0 bridgehead atoms. The summed E-state index contributed by atoms with van der Waals surface area (Å²) in [5.74, 6) is -1.03. The second-order valence-electron chi connectivity index (χ2n) is 3.21. The first-order chi connectivity index (χ1) is 8.49. The molecule has 1 aromatic carbocycles. The Morgan fingerprint density at radius 1 is 1.22 bits per heavy atom. The summed E-state index contributed by atoms with van der Waals surface area (Å²) in [6.45, 7) is 3.04. The lowest BCUT2D eigenvalue weighted by atomic mass is 10.2. The minimum atomic E-state index is -1.20. The molecule has 1 aromatic rings. The molecule has 0 saturated heterocycles. The van der Waals surface area contributed by atoms with Crippen molar-refractivity contribution in [2.75, 3.05) is 19.8 Å². The van der Waals surface area contributed by atoms with Crippen molar-refractivity contribution in [2.45, 2.75) is 6.92 Å².